The number of anilines is 1. The van der Waals surface area contributed by atoms with Gasteiger partial charge in [0, 0.05) is 37.4 Å². The molecular formula is C13H15N3O4S. The van der Waals surface area contributed by atoms with Crippen molar-refractivity contribution in [2.75, 3.05) is 24.2 Å². The maximum atomic E-state index is 11.9. The van der Waals surface area contributed by atoms with Crippen LogP contribution < -0.4 is 4.90 Å². The number of rotatable bonds is 3. The number of nitriles is 1. The summed E-state index contributed by atoms with van der Waals surface area (Å²) in [6, 6.07) is 6.09. The second-order valence-corrected chi connectivity index (χ2v) is 7.06. The normalized spacial score (nSPS) is 16.5. The van der Waals surface area contributed by atoms with Crippen molar-refractivity contribution in [2.45, 2.75) is 17.7 Å². The second-order valence-electron chi connectivity index (χ2n) is 5.07. The number of nitro groups is 1. The van der Waals surface area contributed by atoms with Gasteiger partial charge in [-0.05, 0) is 18.9 Å². The lowest BCUT2D eigenvalue weighted by Crippen LogP contribution is -2.34. The number of hydrogen-bond donors (Lipinski definition) is 0. The van der Waals surface area contributed by atoms with Crippen LogP contribution >= 0.6 is 0 Å². The lowest BCUT2D eigenvalue weighted by atomic mass is 9.98. The molecule has 0 aromatic heterocycles. The van der Waals surface area contributed by atoms with Crippen LogP contribution in [0.2, 0.25) is 0 Å². The Morgan fingerprint density at radius 3 is 2.48 bits per heavy atom. The molecule has 1 aromatic rings. The molecule has 1 aliphatic rings. The minimum Gasteiger partial charge on any atom is -0.370 e. The first-order chi connectivity index (χ1) is 9.82. The third-order valence-electron chi connectivity index (χ3n) is 3.57. The fourth-order valence-corrected chi connectivity index (χ4v) is 3.34. The molecule has 1 saturated heterocycles. The van der Waals surface area contributed by atoms with E-state index in [1.54, 1.807) is 0 Å². The van der Waals surface area contributed by atoms with Crippen LogP contribution in [0, 0.1) is 27.4 Å². The van der Waals surface area contributed by atoms with Crippen LogP contribution in [0.15, 0.2) is 23.1 Å². The molecule has 1 aromatic carbocycles. The Balaban J connectivity index is 2.40. The summed E-state index contributed by atoms with van der Waals surface area (Å²) in [6.07, 6.45) is 2.37. The fraction of sp³-hybridized carbons (Fsp3) is 0.462. The lowest BCUT2D eigenvalue weighted by Gasteiger charge is -2.32. The Bertz CT molecular complexity index is 701. The van der Waals surface area contributed by atoms with Crippen LogP contribution in [0.4, 0.5) is 11.4 Å². The van der Waals surface area contributed by atoms with E-state index in [1.807, 2.05) is 4.90 Å². The van der Waals surface area contributed by atoms with E-state index < -0.39 is 14.8 Å². The Kier molecular flexibility index (Phi) is 4.14. The van der Waals surface area contributed by atoms with Gasteiger partial charge >= 0.3 is 0 Å². The van der Waals surface area contributed by atoms with Gasteiger partial charge in [0.15, 0.2) is 9.84 Å². The second kappa shape index (κ2) is 5.69. The average Bonchev–Trinajstić information content (AvgIpc) is 2.46. The highest BCUT2D eigenvalue weighted by Gasteiger charge is 2.25. The highest BCUT2D eigenvalue weighted by Crippen LogP contribution is 2.32. The van der Waals surface area contributed by atoms with Gasteiger partial charge in [0.25, 0.3) is 5.69 Å². The monoisotopic (exact) mass is 309 g/mol. The predicted molar refractivity (Wildman–Crippen MR) is 76.8 cm³/mol. The van der Waals surface area contributed by atoms with Gasteiger partial charge in [-0.1, -0.05) is 0 Å². The third-order valence-corrected chi connectivity index (χ3v) is 4.70. The molecule has 0 unspecified atom stereocenters. The van der Waals surface area contributed by atoms with Crippen LogP contribution in [0.25, 0.3) is 0 Å². The molecule has 1 aliphatic heterocycles. The largest absolute Gasteiger partial charge is 0.370 e. The van der Waals surface area contributed by atoms with Crippen molar-refractivity contribution in [1.82, 2.24) is 0 Å². The molecule has 7 nitrogen and oxygen atoms in total. The number of hydrogen-bond acceptors (Lipinski definition) is 6. The van der Waals surface area contributed by atoms with Gasteiger partial charge < -0.3 is 4.90 Å². The van der Waals surface area contributed by atoms with Gasteiger partial charge in [-0.25, -0.2) is 8.42 Å². The van der Waals surface area contributed by atoms with Crippen LogP contribution in [-0.4, -0.2) is 32.7 Å². The Morgan fingerprint density at radius 2 is 2.00 bits per heavy atom. The van der Waals surface area contributed by atoms with Crippen molar-refractivity contribution < 1.29 is 13.3 Å². The molecule has 0 spiro atoms. The van der Waals surface area contributed by atoms with Crippen molar-refractivity contribution in [2.24, 2.45) is 5.92 Å². The summed E-state index contributed by atoms with van der Waals surface area (Å²) in [5.74, 6) is -0.0130. The molecule has 0 amide bonds. The van der Waals surface area contributed by atoms with Crippen molar-refractivity contribution in [3.8, 4) is 6.07 Å². The molecule has 1 fully saturated rings. The third kappa shape index (κ3) is 3.31. The lowest BCUT2D eigenvalue weighted by molar-refractivity contribution is -0.385. The van der Waals surface area contributed by atoms with Gasteiger partial charge in [-0.15, -0.1) is 0 Å². The number of sulfone groups is 1. The Labute approximate surface area is 122 Å². The van der Waals surface area contributed by atoms with E-state index in [0.717, 1.165) is 12.3 Å². The van der Waals surface area contributed by atoms with Crippen LogP contribution in [0.3, 0.4) is 0 Å². The highest BCUT2D eigenvalue weighted by molar-refractivity contribution is 7.90. The molecule has 21 heavy (non-hydrogen) atoms. The number of benzene rings is 1. The molecule has 0 saturated carbocycles. The summed E-state index contributed by atoms with van der Waals surface area (Å²) in [6.45, 7) is 1.14. The van der Waals surface area contributed by atoms with E-state index in [9.17, 15) is 18.5 Å². The van der Waals surface area contributed by atoms with Crippen molar-refractivity contribution in [3.05, 3.63) is 28.3 Å². The van der Waals surface area contributed by atoms with Gasteiger partial charge in [0.1, 0.15) is 0 Å². The molecule has 0 N–H and O–H groups in total. The number of non-ortho nitro benzene ring substituents is 1. The van der Waals surface area contributed by atoms with Gasteiger partial charge in [0.2, 0.25) is 0 Å². The van der Waals surface area contributed by atoms with Crippen molar-refractivity contribution >= 4 is 21.2 Å². The van der Waals surface area contributed by atoms with Crippen LogP contribution in [-0.2, 0) is 9.84 Å². The number of piperidine rings is 1. The molecular weight excluding hydrogens is 294 g/mol. The maximum Gasteiger partial charge on any atom is 0.270 e. The standard InChI is InChI=1S/C13H15N3O4S/c1-21(19,20)13-8-11(16(17)18)2-3-12(13)15-6-4-10(9-14)5-7-15/h2-3,8,10H,4-7H2,1H3. The first-order valence-corrected chi connectivity index (χ1v) is 8.35. The molecule has 0 atom stereocenters. The summed E-state index contributed by atoms with van der Waals surface area (Å²) in [7, 11) is -3.57. The zero-order valence-electron chi connectivity index (χ0n) is 11.5. The topological polar surface area (TPSA) is 104 Å². The fourth-order valence-electron chi connectivity index (χ4n) is 2.42. The molecule has 1 heterocycles. The quantitative estimate of drug-likeness (QED) is 0.622. The average molecular weight is 309 g/mol. The van der Waals surface area contributed by atoms with Crippen LogP contribution in [0.5, 0.6) is 0 Å². The zero-order valence-corrected chi connectivity index (χ0v) is 12.3. The number of nitrogens with zero attached hydrogens (tertiary/aromatic N) is 3. The van der Waals surface area contributed by atoms with Gasteiger partial charge in [-0.2, -0.15) is 5.26 Å². The molecule has 8 heteroatoms. The molecule has 0 aliphatic carbocycles. The van der Waals surface area contributed by atoms with E-state index in [4.69, 9.17) is 5.26 Å². The SMILES string of the molecule is CS(=O)(=O)c1cc([N+](=O)[O-])ccc1N1CCC(C#N)CC1. The van der Waals surface area contributed by atoms with Crippen LogP contribution in [0.1, 0.15) is 12.8 Å². The smallest absolute Gasteiger partial charge is 0.270 e. The summed E-state index contributed by atoms with van der Waals surface area (Å²) < 4.78 is 23.8. The summed E-state index contributed by atoms with van der Waals surface area (Å²) in [4.78, 5) is 12.0. The summed E-state index contributed by atoms with van der Waals surface area (Å²) >= 11 is 0. The minimum atomic E-state index is -3.57. The van der Waals surface area contributed by atoms with E-state index in [-0.39, 0.29) is 16.5 Å². The van der Waals surface area contributed by atoms with Gasteiger partial charge in [0.05, 0.1) is 21.6 Å². The van der Waals surface area contributed by atoms with Crippen molar-refractivity contribution in [1.29, 1.82) is 5.26 Å². The van der Waals surface area contributed by atoms with E-state index in [0.29, 0.717) is 31.6 Å². The maximum absolute atomic E-state index is 11.9. The predicted octanol–water partition coefficient (Wildman–Crippen LogP) is 1.74. The summed E-state index contributed by atoms with van der Waals surface area (Å²) in [5, 5.41) is 19.7. The van der Waals surface area contributed by atoms with E-state index in [1.165, 1.54) is 12.1 Å². The molecule has 2 rings (SSSR count). The molecule has 112 valence electrons. The van der Waals surface area contributed by atoms with E-state index >= 15 is 0 Å². The zero-order chi connectivity index (χ0) is 15.6. The Hall–Kier alpha value is -2.14. The van der Waals surface area contributed by atoms with E-state index in [2.05, 4.69) is 6.07 Å². The number of nitro benzene ring substituents is 1. The van der Waals surface area contributed by atoms with Crippen molar-refractivity contribution in [3.63, 3.8) is 0 Å². The first kappa shape index (κ1) is 15.3. The highest BCUT2D eigenvalue weighted by atomic mass is 32.2. The first-order valence-electron chi connectivity index (χ1n) is 6.46. The minimum absolute atomic E-state index is 0.0130. The Morgan fingerprint density at radius 1 is 1.38 bits per heavy atom. The molecule has 0 radical (unpaired) electrons. The van der Waals surface area contributed by atoms with Gasteiger partial charge in [-0.3, -0.25) is 10.1 Å². The summed E-state index contributed by atoms with van der Waals surface area (Å²) in [5.41, 5.74) is 0.227. The molecule has 0 bridgehead atoms.